The quantitative estimate of drug-likeness (QED) is 0.395. The van der Waals surface area contributed by atoms with Crippen molar-refractivity contribution >= 4 is 29.4 Å². The number of thioether (sulfide) groups is 1. The Bertz CT molecular complexity index is 578. The summed E-state index contributed by atoms with van der Waals surface area (Å²) in [5.74, 6) is -2.18. The molecule has 1 amide bonds. The first-order valence-corrected chi connectivity index (χ1v) is 9.04. The van der Waals surface area contributed by atoms with E-state index in [0.29, 0.717) is 12.2 Å². The van der Waals surface area contributed by atoms with E-state index in [-0.39, 0.29) is 18.4 Å². The van der Waals surface area contributed by atoms with Gasteiger partial charge in [-0.25, -0.2) is 4.79 Å². The third kappa shape index (κ3) is 4.15. The van der Waals surface area contributed by atoms with Gasteiger partial charge in [0.05, 0.1) is 7.11 Å². The van der Waals surface area contributed by atoms with Crippen LogP contribution in [-0.2, 0) is 14.4 Å². The molecule has 24 heavy (non-hydrogen) atoms. The van der Waals surface area contributed by atoms with Crippen molar-refractivity contribution < 1.29 is 24.3 Å². The summed E-state index contributed by atoms with van der Waals surface area (Å²) in [5, 5.41) is 10.6. The van der Waals surface area contributed by atoms with E-state index in [1.54, 1.807) is 25.1 Å². The van der Waals surface area contributed by atoms with Crippen LogP contribution in [0.15, 0.2) is 30.3 Å². The van der Waals surface area contributed by atoms with Crippen molar-refractivity contribution in [3.63, 3.8) is 0 Å². The van der Waals surface area contributed by atoms with E-state index in [2.05, 4.69) is 0 Å². The topological polar surface area (TPSA) is 83.9 Å². The molecule has 1 aromatic rings. The summed E-state index contributed by atoms with van der Waals surface area (Å²) in [5.41, 5.74) is -1.85. The van der Waals surface area contributed by atoms with E-state index in [4.69, 9.17) is 4.84 Å². The largest absolute Gasteiger partial charge is 0.479 e. The SMILES string of the molecule is CCCC(=O)N(OC)[C@@](CCSC)(C(=O)O)C(=O)c1ccccc1. The van der Waals surface area contributed by atoms with Gasteiger partial charge in [-0.3, -0.25) is 14.4 Å². The van der Waals surface area contributed by atoms with Crippen LogP contribution in [0.25, 0.3) is 0 Å². The summed E-state index contributed by atoms with van der Waals surface area (Å²) in [7, 11) is 1.21. The van der Waals surface area contributed by atoms with Crippen LogP contribution in [-0.4, -0.2) is 52.5 Å². The number of ketones is 1. The number of carbonyl (C=O) groups is 3. The summed E-state index contributed by atoms with van der Waals surface area (Å²) < 4.78 is 0. The lowest BCUT2D eigenvalue weighted by Gasteiger charge is -2.37. The second kappa shape index (κ2) is 9.44. The van der Waals surface area contributed by atoms with Crippen LogP contribution in [0.1, 0.15) is 36.5 Å². The van der Waals surface area contributed by atoms with E-state index >= 15 is 0 Å². The van der Waals surface area contributed by atoms with E-state index in [1.165, 1.54) is 31.0 Å². The number of Topliss-reactive ketones (excluding diaryl/α,β-unsaturated/α-hetero) is 1. The minimum atomic E-state index is -2.08. The molecule has 0 saturated heterocycles. The summed E-state index contributed by atoms with van der Waals surface area (Å²) in [6, 6.07) is 8.12. The molecular formula is C17H23NO5S. The maximum Gasteiger partial charge on any atom is 0.340 e. The van der Waals surface area contributed by atoms with Crippen molar-refractivity contribution in [1.29, 1.82) is 0 Å². The highest BCUT2D eigenvalue weighted by Gasteiger charge is 2.53. The van der Waals surface area contributed by atoms with Gasteiger partial charge >= 0.3 is 5.97 Å². The lowest BCUT2D eigenvalue weighted by molar-refractivity contribution is -0.209. The molecule has 0 saturated carbocycles. The van der Waals surface area contributed by atoms with Crippen molar-refractivity contribution in [3.8, 4) is 0 Å². The van der Waals surface area contributed by atoms with Gasteiger partial charge in [-0.15, -0.1) is 0 Å². The molecule has 0 aliphatic rings. The molecular weight excluding hydrogens is 330 g/mol. The molecule has 0 spiro atoms. The van der Waals surface area contributed by atoms with Crippen molar-refractivity contribution in [2.75, 3.05) is 19.1 Å². The van der Waals surface area contributed by atoms with E-state index in [0.717, 1.165) is 5.06 Å². The predicted molar refractivity (Wildman–Crippen MR) is 92.9 cm³/mol. The van der Waals surface area contributed by atoms with Crippen LogP contribution >= 0.6 is 11.8 Å². The molecule has 1 atom stereocenters. The number of benzene rings is 1. The molecule has 1 rings (SSSR count). The Morgan fingerprint density at radius 2 is 1.88 bits per heavy atom. The first-order chi connectivity index (χ1) is 11.4. The molecule has 1 aromatic carbocycles. The Balaban J connectivity index is 3.45. The third-order valence-corrected chi connectivity index (χ3v) is 4.27. The Morgan fingerprint density at radius 3 is 2.33 bits per heavy atom. The molecule has 1 N–H and O–H groups in total. The van der Waals surface area contributed by atoms with Crippen LogP contribution in [0.5, 0.6) is 0 Å². The normalized spacial score (nSPS) is 13.1. The van der Waals surface area contributed by atoms with Gasteiger partial charge in [0.2, 0.25) is 17.2 Å². The maximum atomic E-state index is 13.1. The molecule has 0 fully saturated rings. The standard InChI is InChI=1S/C17H23NO5S/c1-4-8-14(19)18(23-2)17(16(21)22,11-12-24-3)15(20)13-9-6-5-7-10-13/h5-7,9-10H,4,8,11-12H2,1-3H3,(H,21,22)/t17-/m1/s1. The van der Waals surface area contributed by atoms with Gasteiger partial charge in [0.1, 0.15) is 0 Å². The Kier molecular flexibility index (Phi) is 7.94. The Labute approximate surface area is 146 Å². The molecule has 132 valence electrons. The number of nitrogens with zero attached hydrogens (tertiary/aromatic N) is 1. The second-order valence-electron chi connectivity index (χ2n) is 5.22. The number of amides is 1. The number of rotatable bonds is 10. The van der Waals surface area contributed by atoms with Gasteiger partial charge < -0.3 is 5.11 Å². The zero-order chi connectivity index (χ0) is 18.2. The van der Waals surface area contributed by atoms with Crippen molar-refractivity contribution in [1.82, 2.24) is 5.06 Å². The van der Waals surface area contributed by atoms with Crippen LogP contribution in [0.2, 0.25) is 0 Å². The van der Waals surface area contributed by atoms with Crippen molar-refractivity contribution in [2.45, 2.75) is 31.7 Å². The number of hydroxylamine groups is 2. The predicted octanol–water partition coefficient (Wildman–Crippen LogP) is 2.64. The zero-order valence-corrected chi connectivity index (χ0v) is 15.0. The number of carboxylic acids is 1. The second-order valence-corrected chi connectivity index (χ2v) is 6.21. The smallest absolute Gasteiger partial charge is 0.340 e. The number of hydrogen-bond acceptors (Lipinski definition) is 5. The number of carbonyl (C=O) groups excluding carboxylic acids is 2. The molecule has 0 aliphatic carbocycles. The molecule has 0 aromatic heterocycles. The molecule has 6 nitrogen and oxygen atoms in total. The first-order valence-electron chi connectivity index (χ1n) is 7.65. The molecule has 0 radical (unpaired) electrons. The minimum absolute atomic E-state index is 0.0411. The van der Waals surface area contributed by atoms with E-state index in [9.17, 15) is 19.5 Å². The van der Waals surface area contributed by atoms with Crippen LogP contribution in [0.3, 0.4) is 0 Å². The summed E-state index contributed by atoms with van der Waals surface area (Å²) >= 11 is 1.40. The minimum Gasteiger partial charge on any atom is -0.479 e. The van der Waals surface area contributed by atoms with Gasteiger partial charge in [-0.2, -0.15) is 16.8 Å². The molecule has 0 unspecified atom stereocenters. The highest BCUT2D eigenvalue weighted by atomic mass is 32.2. The fourth-order valence-electron chi connectivity index (χ4n) is 2.46. The summed E-state index contributed by atoms with van der Waals surface area (Å²) in [6.45, 7) is 1.80. The first kappa shape index (κ1) is 20.2. The Hall–Kier alpha value is -1.86. The van der Waals surface area contributed by atoms with Gasteiger partial charge in [-0.1, -0.05) is 37.3 Å². The highest BCUT2D eigenvalue weighted by Crippen LogP contribution is 2.29. The zero-order valence-electron chi connectivity index (χ0n) is 14.2. The third-order valence-electron chi connectivity index (χ3n) is 3.65. The van der Waals surface area contributed by atoms with Crippen LogP contribution < -0.4 is 0 Å². The van der Waals surface area contributed by atoms with Crippen molar-refractivity contribution in [2.24, 2.45) is 0 Å². The summed E-state index contributed by atoms with van der Waals surface area (Å²) in [4.78, 5) is 42.7. The number of carboxylic acid groups (broad SMARTS) is 1. The monoisotopic (exact) mass is 353 g/mol. The van der Waals surface area contributed by atoms with Crippen LogP contribution in [0, 0.1) is 0 Å². The molecule has 0 heterocycles. The Morgan fingerprint density at radius 1 is 1.25 bits per heavy atom. The van der Waals surface area contributed by atoms with Crippen molar-refractivity contribution in [3.05, 3.63) is 35.9 Å². The number of aliphatic carboxylic acids is 1. The fourth-order valence-corrected chi connectivity index (χ4v) is 2.96. The van der Waals surface area contributed by atoms with E-state index in [1.807, 2.05) is 6.26 Å². The van der Waals surface area contributed by atoms with Gasteiger partial charge in [0, 0.05) is 18.4 Å². The van der Waals surface area contributed by atoms with Gasteiger partial charge in [0.25, 0.3) is 0 Å². The fraction of sp³-hybridized carbons (Fsp3) is 0.471. The van der Waals surface area contributed by atoms with Crippen LogP contribution in [0.4, 0.5) is 0 Å². The highest BCUT2D eigenvalue weighted by molar-refractivity contribution is 7.98. The lowest BCUT2D eigenvalue weighted by atomic mass is 9.85. The number of hydrogen-bond donors (Lipinski definition) is 1. The molecule has 7 heteroatoms. The summed E-state index contributed by atoms with van der Waals surface area (Å²) in [6.07, 6.45) is 2.39. The maximum absolute atomic E-state index is 13.1. The van der Waals surface area contributed by atoms with E-state index < -0.39 is 23.2 Å². The van der Waals surface area contributed by atoms with Gasteiger partial charge in [-0.05, 0) is 18.4 Å². The average Bonchev–Trinajstić information content (AvgIpc) is 2.58. The average molecular weight is 353 g/mol. The molecule has 0 aliphatic heterocycles. The lowest BCUT2D eigenvalue weighted by Crippen LogP contribution is -2.62. The van der Waals surface area contributed by atoms with Gasteiger partial charge in [0.15, 0.2) is 0 Å². The molecule has 0 bridgehead atoms.